The Morgan fingerprint density at radius 2 is 2.05 bits per heavy atom. The summed E-state index contributed by atoms with van der Waals surface area (Å²) in [6.07, 6.45) is 0.558. The van der Waals surface area contributed by atoms with Gasteiger partial charge in [-0.3, -0.25) is 9.10 Å². The van der Waals surface area contributed by atoms with Crippen molar-refractivity contribution in [2.24, 2.45) is 0 Å². The predicted molar refractivity (Wildman–Crippen MR) is 74.2 cm³/mol. The zero-order chi connectivity index (χ0) is 14.3. The standard InChI is InChI=1S/C13H16N2O4S/c1-14-13(16)12-8-15(20(17,18)9-6-7-9)10-4-2-3-5-11(10)19-12/h2-5,9,12H,6-8H2,1H3,(H,14,16). The first-order valence-electron chi connectivity index (χ1n) is 6.53. The summed E-state index contributed by atoms with van der Waals surface area (Å²) in [5, 5.41) is 2.18. The van der Waals surface area contributed by atoms with Crippen molar-refractivity contribution in [1.82, 2.24) is 5.32 Å². The molecule has 0 spiro atoms. The van der Waals surface area contributed by atoms with Gasteiger partial charge >= 0.3 is 0 Å². The molecule has 1 aliphatic carbocycles. The van der Waals surface area contributed by atoms with E-state index in [-0.39, 0.29) is 17.7 Å². The number of sulfonamides is 1. The molecule has 1 fully saturated rings. The van der Waals surface area contributed by atoms with Crippen molar-refractivity contribution in [3.63, 3.8) is 0 Å². The Hall–Kier alpha value is -1.76. The number of amides is 1. The number of hydrogen-bond acceptors (Lipinski definition) is 4. The number of para-hydroxylation sites is 2. The lowest BCUT2D eigenvalue weighted by molar-refractivity contribution is -0.127. The molecule has 1 aromatic carbocycles. The van der Waals surface area contributed by atoms with E-state index >= 15 is 0 Å². The quantitative estimate of drug-likeness (QED) is 0.881. The van der Waals surface area contributed by atoms with Gasteiger partial charge in [0, 0.05) is 7.05 Å². The largest absolute Gasteiger partial charge is 0.476 e. The highest BCUT2D eigenvalue weighted by molar-refractivity contribution is 7.93. The monoisotopic (exact) mass is 296 g/mol. The van der Waals surface area contributed by atoms with E-state index in [2.05, 4.69) is 5.32 Å². The van der Waals surface area contributed by atoms with E-state index in [9.17, 15) is 13.2 Å². The van der Waals surface area contributed by atoms with Crippen molar-refractivity contribution in [3.05, 3.63) is 24.3 Å². The van der Waals surface area contributed by atoms with Crippen LogP contribution in [0, 0.1) is 0 Å². The minimum absolute atomic E-state index is 0.0233. The van der Waals surface area contributed by atoms with Crippen LogP contribution in [0.1, 0.15) is 12.8 Å². The third kappa shape index (κ3) is 2.11. The normalized spacial score (nSPS) is 21.9. The SMILES string of the molecule is CNC(=O)C1CN(S(=O)(=O)C2CC2)c2ccccc2O1. The number of likely N-dealkylation sites (N-methyl/N-ethyl adjacent to an activating group) is 1. The smallest absolute Gasteiger partial charge is 0.262 e. The van der Waals surface area contributed by atoms with Gasteiger partial charge in [-0.15, -0.1) is 0 Å². The summed E-state index contributed by atoms with van der Waals surface area (Å²) in [4.78, 5) is 11.8. The van der Waals surface area contributed by atoms with Gasteiger partial charge in [0.15, 0.2) is 6.10 Å². The van der Waals surface area contributed by atoms with E-state index in [4.69, 9.17) is 4.74 Å². The topological polar surface area (TPSA) is 75.7 Å². The van der Waals surface area contributed by atoms with Gasteiger partial charge in [0.25, 0.3) is 5.91 Å². The van der Waals surface area contributed by atoms with Crippen LogP contribution in [0.4, 0.5) is 5.69 Å². The number of anilines is 1. The van der Waals surface area contributed by atoms with Crippen molar-refractivity contribution in [2.45, 2.75) is 24.2 Å². The Kier molecular flexibility index (Phi) is 3.08. The highest BCUT2D eigenvalue weighted by Gasteiger charge is 2.44. The number of rotatable bonds is 3. The van der Waals surface area contributed by atoms with Crippen molar-refractivity contribution < 1.29 is 17.9 Å². The third-order valence-corrected chi connectivity index (χ3v) is 5.80. The molecule has 3 rings (SSSR count). The number of nitrogens with one attached hydrogen (secondary N) is 1. The maximum absolute atomic E-state index is 12.5. The lowest BCUT2D eigenvalue weighted by atomic mass is 10.2. The van der Waals surface area contributed by atoms with Crippen LogP contribution >= 0.6 is 0 Å². The van der Waals surface area contributed by atoms with Crippen molar-refractivity contribution >= 4 is 21.6 Å². The van der Waals surface area contributed by atoms with Crippen LogP contribution in [0.25, 0.3) is 0 Å². The minimum Gasteiger partial charge on any atom is -0.476 e. The molecule has 1 heterocycles. The number of carbonyl (C=O) groups excluding carboxylic acids is 1. The zero-order valence-electron chi connectivity index (χ0n) is 11.1. The van der Waals surface area contributed by atoms with E-state index in [0.29, 0.717) is 24.3 Å². The molecule has 7 heteroatoms. The van der Waals surface area contributed by atoms with Crippen LogP contribution in [-0.4, -0.2) is 39.3 Å². The Labute approximate surface area is 117 Å². The molecule has 108 valence electrons. The second kappa shape index (κ2) is 4.66. The van der Waals surface area contributed by atoms with Crippen LogP contribution in [0.3, 0.4) is 0 Å². The molecule has 20 heavy (non-hydrogen) atoms. The average Bonchev–Trinajstić information content (AvgIpc) is 3.30. The Morgan fingerprint density at radius 3 is 2.70 bits per heavy atom. The molecule has 1 N–H and O–H groups in total. The van der Waals surface area contributed by atoms with Crippen LogP contribution in [0.5, 0.6) is 5.75 Å². The molecular weight excluding hydrogens is 280 g/mol. The fourth-order valence-electron chi connectivity index (χ4n) is 2.29. The maximum Gasteiger partial charge on any atom is 0.262 e. The molecular formula is C13H16N2O4S. The lowest BCUT2D eigenvalue weighted by Crippen LogP contribution is -2.50. The number of benzene rings is 1. The first-order chi connectivity index (χ1) is 9.54. The van der Waals surface area contributed by atoms with Gasteiger partial charge in [-0.1, -0.05) is 12.1 Å². The highest BCUT2D eigenvalue weighted by Crippen LogP contribution is 2.40. The number of ether oxygens (including phenoxy) is 1. The molecule has 2 aliphatic rings. The summed E-state index contributed by atoms with van der Waals surface area (Å²) in [7, 11) is -1.90. The number of nitrogens with zero attached hydrogens (tertiary/aromatic N) is 1. The average molecular weight is 296 g/mol. The van der Waals surface area contributed by atoms with Crippen LogP contribution < -0.4 is 14.4 Å². The first-order valence-corrected chi connectivity index (χ1v) is 8.03. The summed E-state index contributed by atoms with van der Waals surface area (Å²) in [5.74, 6) is 0.104. The Morgan fingerprint density at radius 1 is 1.35 bits per heavy atom. The van der Waals surface area contributed by atoms with Gasteiger partial charge in [0.1, 0.15) is 5.75 Å². The fourth-order valence-corrected chi connectivity index (χ4v) is 4.15. The third-order valence-electron chi connectivity index (χ3n) is 3.53. The molecule has 1 saturated carbocycles. The fraction of sp³-hybridized carbons (Fsp3) is 0.462. The molecule has 0 aromatic heterocycles. The van der Waals surface area contributed by atoms with Crippen LogP contribution in [-0.2, 0) is 14.8 Å². The molecule has 1 aliphatic heterocycles. The zero-order valence-corrected chi connectivity index (χ0v) is 11.9. The second-order valence-electron chi connectivity index (χ2n) is 4.96. The van der Waals surface area contributed by atoms with Crippen molar-refractivity contribution in [2.75, 3.05) is 17.9 Å². The van der Waals surface area contributed by atoms with Gasteiger partial charge in [-0.25, -0.2) is 8.42 Å². The molecule has 6 nitrogen and oxygen atoms in total. The van der Waals surface area contributed by atoms with E-state index in [0.717, 1.165) is 0 Å². The Bertz CT molecular complexity index is 640. The highest BCUT2D eigenvalue weighted by atomic mass is 32.2. The molecule has 1 aromatic rings. The van der Waals surface area contributed by atoms with Gasteiger partial charge in [0.2, 0.25) is 10.0 Å². The first kappa shape index (κ1) is 13.2. The summed E-state index contributed by atoms with van der Waals surface area (Å²) >= 11 is 0. The Balaban J connectivity index is 2.01. The number of fused-ring (bicyclic) bond motifs is 1. The van der Waals surface area contributed by atoms with Crippen LogP contribution in [0.2, 0.25) is 0 Å². The van der Waals surface area contributed by atoms with E-state index in [1.165, 1.54) is 11.4 Å². The minimum atomic E-state index is -3.40. The predicted octanol–water partition coefficient (Wildman–Crippen LogP) is 0.492. The number of carbonyl (C=O) groups is 1. The molecule has 1 unspecified atom stereocenters. The molecule has 0 bridgehead atoms. The van der Waals surface area contributed by atoms with E-state index in [1.807, 2.05) is 0 Å². The summed E-state index contributed by atoms with van der Waals surface area (Å²) in [6.45, 7) is 0.0233. The van der Waals surface area contributed by atoms with E-state index in [1.54, 1.807) is 24.3 Å². The molecule has 1 amide bonds. The van der Waals surface area contributed by atoms with Gasteiger partial charge in [-0.05, 0) is 25.0 Å². The lowest BCUT2D eigenvalue weighted by Gasteiger charge is -2.34. The van der Waals surface area contributed by atoms with Gasteiger partial charge < -0.3 is 10.1 Å². The van der Waals surface area contributed by atoms with Crippen LogP contribution in [0.15, 0.2) is 24.3 Å². The van der Waals surface area contributed by atoms with Crippen molar-refractivity contribution in [1.29, 1.82) is 0 Å². The molecule has 0 radical (unpaired) electrons. The van der Waals surface area contributed by atoms with E-state index < -0.39 is 16.1 Å². The summed E-state index contributed by atoms with van der Waals surface area (Å²) < 4.78 is 31.9. The summed E-state index contributed by atoms with van der Waals surface area (Å²) in [5.41, 5.74) is 0.513. The maximum atomic E-state index is 12.5. The summed E-state index contributed by atoms with van der Waals surface area (Å²) in [6, 6.07) is 6.90. The second-order valence-corrected chi connectivity index (χ2v) is 7.10. The van der Waals surface area contributed by atoms with Gasteiger partial charge in [0.05, 0.1) is 17.5 Å². The molecule has 0 saturated heterocycles. The number of hydrogen-bond donors (Lipinski definition) is 1. The molecule has 1 atom stereocenters. The van der Waals surface area contributed by atoms with Gasteiger partial charge in [-0.2, -0.15) is 0 Å². The van der Waals surface area contributed by atoms with Crippen molar-refractivity contribution in [3.8, 4) is 5.75 Å².